The van der Waals surface area contributed by atoms with Crippen LogP contribution in [0.2, 0.25) is 0 Å². The minimum atomic E-state index is -4.55. The van der Waals surface area contributed by atoms with Crippen molar-refractivity contribution in [2.75, 3.05) is 0 Å². The molecule has 0 aromatic heterocycles. The fraction of sp³-hybridized carbons (Fsp3) is 0.154. The summed E-state index contributed by atoms with van der Waals surface area (Å²) in [6, 6.07) is 19.1. The number of benzene rings is 4. The summed E-state index contributed by atoms with van der Waals surface area (Å²) in [5.74, 6) is -2.32. The van der Waals surface area contributed by atoms with E-state index < -0.39 is 35.8 Å². The minimum Gasteiger partial charge on any atom is -0.480 e. The largest absolute Gasteiger partial charge is 0.480 e. The molecule has 1 amide bonds. The number of carbonyl (C=O) groups excluding carboxylic acids is 1. The van der Waals surface area contributed by atoms with E-state index in [1.54, 1.807) is 0 Å². The second-order valence-electron chi connectivity index (χ2n) is 7.92. The maximum atomic E-state index is 12.8. The van der Waals surface area contributed by atoms with Crippen LogP contribution in [0.5, 0.6) is 0 Å². The van der Waals surface area contributed by atoms with E-state index in [4.69, 9.17) is 0 Å². The van der Waals surface area contributed by atoms with E-state index in [9.17, 15) is 33.0 Å². The zero-order chi connectivity index (χ0) is 24.5. The first-order valence-electron chi connectivity index (χ1n) is 10.4. The number of nitrogens with one attached hydrogen (secondary N) is 1. The Morgan fingerprint density at radius 1 is 0.853 bits per heavy atom. The second-order valence-corrected chi connectivity index (χ2v) is 7.92. The van der Waals surface area contributed by atoms with Gasteiger partial charge >= 0.3 is 12.1 Å². The molecule has 3 N–H and O–H groups in total. The third kappa shape index (κ3) is 4.72. The summed E-state index contributed by atoms with van der Waals surface area (Å²) in [6.45, 7) is 0. The molecule has 0 radical (unpaired) electrons. The van der Waals surface area contributed by atoms with Crippen LogP contribution in [0, 0.1) is 0 Å². The van der Waals surface area contributed by atoms with Gasteiger partial charge in [-0.2, -0.15) is 13.2 Å². The predicted octanol–water partition coefficient (Wildman–Crippen LogP) is 4.86. The lowest BCUT2D eigenvalue weighted by Crippen LogP contribution is -2.44. The molecule has 4 aromatic carbocycles. The molecule has 2 atom stereocenters. The number of carboxylic acids is 1. The monoisotopic (exact) mass is 467 g/mol. The summed E-state index contributed by atoms with van der Waals surface area (Å²) in [5.41, 5.74) is -0.272. The van der Waals surface area contributed by atoms with Crippen LogP contribution < -0.4 is 5.32 Å². The molecule has 34 heavy (non-hydrogen) atoms. The first-order valence-corrected chi connectivity index (χ1v) is 10.4. The van der Waals surface area contributed by atoms with Gasteiger partial charge in [-0.05, 0) is 50.9 Å². The number of carboxylic acid groups (broad SMARTS) is 1. The predicted molar refractivity (Wildman–Crippen MR) is 121 cm³/mol. The number of hydrogen-bond acceptors (Lipinski definition) is 3. The van der Waals surface area contributed by atoms with Crippen molar-refractivity contribution in [2.45, 2.75) is 24.7 Å². The molecule has 0 unspecified atom stereocenters. The van der Waals surface area contributed by atoms with E-state index >= 15 is 0 Å². The van der Waals surface area contributed by atoms with Crippen LogP contribution in [0.25, 0.3) is 21.5 Å². The summed E-state index contributed by atoms with van der Waals surface area (Å²) in [7, 11) is 0. The summed E-state index contributed by atoms with van der Waals surface area (Å²) >= 11 is 0. The third-order valence-corrected chi connectivity index (χ3v) is 5.71. The number of amides is 1. The number of rotatable bonds is 6. The molecule has 0 spiro atoms. The topological polar surface area (TPSA) is 86.6 Å². The van der Waals surface area contributed by atoms with Crippen molar-refractivity contribution in [1.82, 2.24) is 5.32 Å². The van der Waals surface area contributed by atoms with E-state index in [1.165, 1.54) is 0 Å². The van der Waals surface area contributed by atoms with E-state index in [0.717, 1.165) is 51.4 Å². The normalized spacial score (nSPS) is 13.5. The van der Waals surface area contributed by atoms with Crippen LogP contribution in [0.3, 0.4) is 0 Å². The Labute approximate surface area is 192 Å². The van der Waals surface area contributed by atoms with Gasteiger partial charge in [-0.3, -0.25) is 4.79 Å². The van der Waals surface area contributed by atoms with Crippen molar-refractivity contribution in [3.05, 3.63) is 95.6 Å². The van der Waals surface area contributed by atoms with Crippen molar-refractivity contribution in [3.63, 3.8) is 0 Å². The molecule has 0 bridgehead atoms. The molecule has 0 saturated heterocycles. The molecule has 4 rings (SSSR count). The average Bonchev–Trinajstić information content (AvgIpc) is 2.82. The molecule has 5 nitrogen and oxygen atoms in total. The molecule has 0 heterocycles. The van der Waals surface area contributed by atoms with Gasteiger partial charge in [0.2, 0.25) is 0 Å². The first-order chi connectivity index (χ1) is 16.1. The van der Waals surface area contributed by atoms with E-state index in [0.29, 0.717) is 0 Å². The van der Waals surface area contributed by atoms with Crippen LogP contribution in [0.15, 0.2) is 78.9 Å². The second kappa shape index (κ2) is 9.15. The van der Waals surface area contributed by atoms with Crippen LogP contribution in [0.1, 0.15) is 22.8 Å². The highest BCUT2D eigenvalue weighted by molar-refractivity contribution is 6.02. The van der Waals surface area contributed by atoms with Gasteiger partial charge in [0.25, 0.3) is 5.91 Å². The molecular formula is C26H20F3NO4. The van der Waals surface area contributed by atoms with E-state index in [1.807, 2.05) is 54.6 Å². The Balaban J connectivity index is 1.62. The van der Waals surface area contributed by atoms with Gasteiger partial charge in [-0.25, -0.2) is 4.79 Å². The Morgan fingerprint density at radius 3 is 1.88 bits per heavy atom. The molecule has 4 aromatic rings. The van der Waals surface area contributed by atoms with E-state index in [-0.39, 0.29) is 12.0 Å². The smallest absolute Gasteiger partial charge is 0.416 e. The summed E-state index contributed by atoms with van der Waals surface area (Å²) < 4.78 is 38.3. The fourth-order valence-electron chi connectivity index (χ4n) is 3.99. The average molecular weight is 467 g/mol. The Kier molecular flexibility index (Phi) is 6.26. The maximum absolute atomic E-state index is 12.8. The molecule has 174 valence electrons. The Morgan fingerprint density at radius 2 is 1.38 bits per heavy atom. The Hall–Kier alpha value is -3.91. The number of aliphatic carboxylic acids is 1. The highest BCUT2D eigenvalue weighted by Gasteiger charge is 2.31. The van der Waals surface area contributed by atoms with Gasteiger partial charge in [0, 0.05) is 6.42 Å². The summed E-state index contributed by atoms with van der Waals surface area (Å²) in [4.78, 5) is 24.6. The fourth-order valence-corrected chi connectivity index (χ4v) is 3.99. The number of aliphatic hydroxyl groups is 1. The van der Waals surface area contributed by atoms with Crippen molar-refractivity contribution in [1.29, 1.82) is 0 Å². The zero-order valence-corrected chi connectivity index (χ0v) is 17.7. The lowest BCUT2D eigenvalue weighted by molar-refractivity contribution is -0.143. The molecular weight excluding hydrogens is 447 g/mol. The third-order valence-electron chi connectivity index (χ3n) is 5.71. The molecule has 0 fully saturated rings. The van der Waals surface area contributed by atoms with Crippen LogP contribution in [-0.2, 0) is 22.2 Å². The maximum Gasteiger partial charge on any atom is 0.416 e. The highest BCUT2D eigenvalue weighted by atomic mass is 19.4. The van der Waals surface area contributed by atoms with Crippen LogP contribution in [0.4, 0.5) is 13.2 Å². The summed E-state index contributed by atoms with van der Waals surface area (Å²) in [5, 5.41) is 26.0. The van der Waals surface area contributed by atoms with Gasteiger partial charge in [0.1, 0.15) is 6.04 Å². The van der Waals surface area contributed by atoms with Crippen molar-refractivity contribution >= 4 is 33.4 Å². The van der Waals surface area contributed by atoms with Crippen molar-refractivity contribution < 1.29 is 33.0 Å². The Bertz CT molecular complexity index is 1310. The van der Waals surface area contributed by atoms with E-state index in [2.05, 4.69) is 5.32 Å². The molecule has 0 aliphatic carbocycles. The SMILES string of the molecule is O=C(O)[C@H](Cc1c2ccccc2cc2ccccc12)NC(=O)[C@H](O)c1ccc(C(F)(F)F)cc1. The lowest BCUT2D eigenvalue weighted by Gasteiger charge is -2.20. The number of carbonyl (C=O) groups is 2. The van der Waals surface area contributed by atoms with Crippen LogP contribution in [-0.4, -0.2) is 28.1 Å². The molecule has 0 saturated carbocycles. The highest BCUT2D eigenvalue weighted by Crippen LogP contribution is 2.31. The number of halogens is 3. The lowest BCUT2D eigenvalue weighted by atomic mass is 9.92. The number of hydrogen-bond donors (Lipinski definition) is 3. The molecule has 0 aliphatic heterocycles. The quantitative estimate of drug-likeness (QED) is 0.354. The standard InChI is InChI=1S/C26H20F3NO4/c27-26(28,29)18-11-9-15(10-12-18)23(31)24(32)30-22(25(33)34)14-21-19-7-3-1-5-16(19)13-17-6-2-4-8-20(17)21/h1-13,22-23,31H,14H2,(H,30,32)(H,33,34)/t22-,23+/m0/s1. The van der Waals surface area contributed by atoms with Gasteiger partial charge in [-0.15, -0.1) is 0 Å². The molecule has 0 aliphatic rings. The first kappa shape index (κ1) is 23.3. The van der Waals surface area contributed by atoms with Crippen molar-refractivity contribution in [3.8, 4) is 0 Å². The number of alkyl halides is 3. The van der Waals surface area contributed by atoms with Gasteiger partial charge in [0.15, 0.2) is 6.10 Å². The minimum absolute atomic E-state index is 0.0529. The number of fused-ring (bicyclic) bond motifs is 2. The zero-order valence-electron chi connectivity index (χ0n) is 17.7. The van der Waals surface area contributed by atoms with Crippen molar-refractivity contribution in [2.24, 2.45) is 0 Å². The van der Waals surface area contributed by atoms with Crippen LogP contribution >= 0.6 is 0 Å². The number of aliphatic hydroxyl groups excluding tert-OH is 1. The molecule has 8 heteroatoms. The summed E-state index contributed by atoms with van der Waals surface area (Å²) in [6.07, 6.45) is -6.43. The van der Waals surface area contributed by atoms with Gasteiger partial charge in [0.05, 0.1) is 5.56 Å². The van der Waals surface area contributed by atoms with Gasteiger partial charge in [-0.1, -0.05) is 60.7 Å². The van der Waals surface area contributed by atoms with Gasteiger partial charge < -0.3 is 15.5 Å².